The van der Waals surface area contributed by atoms with Crippen molar-refractivity contribution in [3.05, 3.63) is 34.3 Å². The number of hydrogen-bond acceptors (Lipinski definition) is 3. The van der Waals surface area contributed by atoms with Gasteiger partial charge in [-0.2, -0.15) is 0 Å². The van der Waals surface area contributed by atoms with E-state index in [1.54, 1.807) is 6.07 Å². The average Bonchev–Trinajstić information content (AvgIpc) is 3.07. The molecule has 0 unspecified atom stereocenters. The van der Waals surface area contributed by atoms with Gasteiger partial charge >= 0.3 is 5.97 Å². The Hall–Kier alpha value is -1.06. The second-order valence-corrected chi connectivity index (χ2v) is 4.48. The molecule has 0 amide bonds. The van der Waals surface area contributed by atoms with Crippen molar-refractivity contribution in [1.82, 2.24) is 0 Å². The zero-order valence-corrected chi connectivity index (χ0v) is 9.83. The first-order chi connectivity index (χ1) is 7.67. The molecule has 1 aromatic rings. The lowest BCUT2D eigenvalue weighted by molar-refractivity contribution is 0.0601. The van der Waals surface area contributed by atoms with Crippen LogP contribution < -0.4 is 5.73 Å². The molecule has 1 aliphatic rings. The van der Waals surface area contributed by atoms with E-state index in [1.165, 1.54) is 7.11 Å². The Labute approximate surface area is 99.5 Å². The Morgan fingerprint density at radius 1 is 1.62 bits per heavy atom. The number of esters is 1. The van der Waals surface area contributed by atoms with Crippen molar-refractivity contribution in [3.8, 4) is 0 Å². The Morgan fingerprint density at radius 2 is 2.38 bits per heavy atom. The highest BCUT2D eigenvalue weighted by atomic mass is 35.5. The van der Waals surface area contributed by atoms with Gasteiger partial charge in [0.05, 0.1) is 17.7 Å². The number of hydrogen-bond donors (Lipinski definition) is 1. The number of ether oxygens (including phenoxy) is 1. The third kappa shape index (κ3) is 2.06. The number of benzene rings is 1. The van der Waals surface area contributed by atoms with Crippen LogP contribution in [-0.2, 0) is 4.74 Å². The topological polar surface area (TPSA) is 52.3 Å². The van der Waals surface area contributed by atoms with E-state index in [4.69, 9.17) is 17.3 Å². The molecule has 1 fully saturated rings. The van der Waals surface area contributed by atoms with E-state index >= 15 is 0 Å². The fraction of sp³-hybridized carbons (Fsp3) is 0.417. The Balaban J connectivity index is 2.20. The molecule has 0 spiro atoms. The fourth-order valence-electron chi connectivity index (χ4n) is 1.95. The van der Waals surface area contributed by atoms with Crippen LogP contribution in [0.3, 0.4) is 0 Å². The number of rotatable bonds is 3. The largest absolute Gasteiger partial charge is 0.465 e. The summed E-state index contributed by atoms with van der Waals surface area (Å²) in [5.41, 5.74) is 7.17. The van der Waals surface area contributed by atoms with Crippen LogP contribution in [0.1, 0.15) is 28.3 Å². The first kappa shape index (κ1) is 11.4. The highest BCUT2D eigenvalue weighted by Crippen LogP contribution is 2.47. The van der Waals surface area contributed by atoms with Gasteiger partial charge in [-0.25, -0.2) is 4.79 Å². The van der Waals surface area contributed by atoms with Gasteiger partial charge in [0.25, 0.3) is 0 Å². The summed E-state index contributed by atoms with van der Waals surface area (Å²) in [5, 5.41) is 0.451. The minimum atomic E-state index is -0.400. The molecule has 0 bridgehead atoms. The SMILES string of the molecule is COC(=O)c1ccc([C@@H]2C[C@H]2CN)cc1Cl. The fourth-order valence-corrected chi connectivity index (χ4v) is 2.22. The van der Waals surface area contributed by atoms with Crippen molar-refractivity contribution in [2.75, 3.05) is 13.7 Å². The minimum Gasteiger partial charge on any atom is -0.465 e. The number of halogens is 1. The van der Waals surface area contributed by atoms with Gasteiger partial charge in [0, 0.05) is 0 Å². The van der Waals surface area contributed by atoms with Gasteiger partial charge in [0.15, 0.2) is 0 Å². The molecule has 2 rings (SSSR count). The summed E-state index contributed by atoms with van der Waals surface area (Å²) in [5.74, 6) is 0.678. The van der Waals surface area contributed by atoms with Crippen molar-refractivity contribution < 1.29 is 9.53 Å². The third-order valence-corrected chi connectivity index (χ3v) is 3.36. The molecular weight excluding hydrogens is 226 g/mol. The molecule has 1 saturated carbocycles. The maximum Gasteiger partial charge on any atom is 0.339 e. The molecular formula is C12H14ClNO2. The summed E-state index contributed by atoms with van der Waals surface area (Å²) in [6.45, 7) is 0.709. The average molecular weight is 240 g/mol. The molecule has 1 aromatic carbocycles. The van der Waals surface area contributed by atoms with Crippen LogP contribution >= 0.6 is 11.6 Å². The van der Waals surface area contributed by atoms with Gasteiger partial charge in [-0.15, -0.1) is 0 Å². The second kappa shape index (κ2) is 4.44. The summed E-state index contributed by atoms with van der Waals surface area (Å²) in [7, 11) is 1.35. The molecule has 86 valence electrons. The van der Waals surface area contributed by atoms with E-state index in [0.717, 1.165) is 12.0 Å². The van der Waals surface area contributed by atoms with E-state index in [-0.39, 0.29) is 0 Å². The van der Waals surface area contributed by atoms with Crippen LogP contribution in [0.15, 0.2) is 18.2 Å². The highest BCUT2D eigenvalue weighted by Gasteiger charge is 2.37. The lowest BCUT2D eigenvalue weighted by Gasteiger charge is -2.05. The highest BCUT2D eigenvalue weighted by molar-refractivity contribution is 6.33. The van der Waals surface area contributed by atoms with E-state index in [9.17, 15) is 4.79 Å². The van der Waals surface area contributed by atoms with Crippen LogP contribution in [0.4, 0.5) is 0 Å². The van der Waals surface area contributed by atoms with Gasteiger partial charge in [-0.05, 0) is 42.5 Å². The molecule has 0 radical (unpaired) electrons. The normalized spacial score (nSPS) is 22.9. The van der Waals surface area contributed by atoms with Crippen molar-refractivity contribution in [1.29, 1.82) is 0 Å². The lowest BCUT2D eigenvalue weighted by Crippen LogP contribution is -2.04. The zero-order chi connectivity index (χ0) is 11.7. The predicted molar refractivity (Wildman–Crippen MR) is 62.7 cm³/mol. The van der Waals surface area contributed by atoms with Crippen molar-refractivity contribution in [3.63, 3.8) is 0 Å². The van der Waals surface area contributed by atoms with E-state index in [0.29, 0.717) is 29.0 Å². The number of methoxy groups -OCH3 is 1. The smallest absolute Gasteiger partial charge is 0.339 e. The van der Waals surface area contributed by atoms with Crippen LogP contribution in [0.2, 0.25) is 5.02 Å². The number of carbonyl (C=O) groups excluding carboxylic acids is 1. The first-order valence-corrected chi connectivity index (χ1v) is 5.63. The van der Waals surface area contributed by atoms with Crippen LogP contribution in [-0.4, -0.2) is 19.6 Å². The van der Waals surface area contributed by atoms with Gasteiger partial charge < -0.3 is 10.5 Å². The Bertz CT molecular complexity index is 419. The number of nitrogens with two attached hydrogens (primary N) is 1. The van der Waals surface area contributed by atoms with Crippen molar-refractivity contribution in [2.24, 2.45) is 11.7 Å². The van der Waals surface area contributed by atoms with Crippen LogP contribution in [0, 0.1) is 5.92 Å². The summed E-state index contributed by atoms with van der Waals surface area (Å²) in [4.78, 5) is 11.3. The molecule has 0 aliphatic heterocycles. The van der Waals surface area contributed by atoms with E-state index in [2.05, 4.69) is 4.74 Å². The van der Waals surface area contributed by atoms with Crippen molar-refractivity contribution >= 4 is 17.6 Å². The molecule has 3 nitrogen and oxygen atoms in total. The van der Waals surface area contributed by atoms with Gasteiger partial charge in [-0.1, -0.05) is 17.7 Å². The summed E-state index contributed by atoms with van der Waals surface area (Å²) < 4.78 is 4.63. The Morgan fingerprint density at radius 3 is 2.88 bits per heavy atom. The molecule has 4 heteroatoms. The molecule has 16 heavy (non-hydrogen) atoms. The quantitative estimate of drug-likeness (QED) is 0.823. The standard InChI is InChI=1S/C12H14ClNO2/c1-16-12(15)9-3-2-7(5-11(9)13)10-4-8(10)6-14/h2-3,5,8,10H,4,6,14H2,1H3/t8-,10-/m0/s1. The molecule has 0 saturated heterocycles. The molecule has 2 N–H and O–H groups in total. The first-order valence-electron chi connectivity index (χ1n) is 5.25. The Kier molecular flexibility index (Phi) is 3.17. The maximum absolute atomic E-state index is 11.3. The molecule has 0 heterocycles. The summed E-state index contributed by atoms with van der Waals surface area (Å²) >= 11 is 6.03. The van der Waals surface area contributed by atoms with E-state index < -0.39 is 5.97 Å². The monoisotopic (exact) mass is 239 g/mol. The van der Waals surface area contributed by atoms with Gasteiger partial charge in [0.1, 0.15) is 0 Å². The van der Waals surface area contributed by atoms with Gasteiger partial charge in [0.2, 0.25) is 0 Å². The molecule has 0 aromatic heterocycles. The van der Waals surface area contributed by atoms with E-state index in [1.807, 2.05) is 12.1 Å². The zero-order valence-electron chi connectivity index (χ0n) is 9.07. The number of carbonyl (C=O) groups is 1. The molecule has 2 atom stereocenters. The van der Waals surface area contributed by atoms with Crippen LogP contribution in [0.5, 0.6) is 0 Å². The van der Waals surface area contributed by atoms with Gasteiger partial charge in [-0.3, -0.25) is 0 Å². The predicted octanol–water partition coefficient (Wildman–Crippen LogP) is 2.19. The summed E-state index contributed by atoms with van der Waals surface area (Å²) in [6, 6.07) is 5.49. The maximum atomic E-state index is 11.3. The second-order valence-electron chi connectivity index (χ2n) is 4.07. The summed E-state index contributed by atoms with van der Waals surface area (Å²) in [6.07, 6.45) is 1.12. The van der Waals surface area contributed by atoms with Crippen LogP contribution in [0.25, 0.3) is 0 Å². The van der Waals surface area contributed by atoms with Crippen molar-refractivity contribution in [2.45, 2.75) is 12.3 Å². The minimum absolute atomic E-state index is 0.400. The lowest BCUT2D eigenvalue weighted by atomic mass is 10.1. The third-order valence-electron chi connectivity index (χ3n) is 3.05. The molecule has 1 aliphatic carbocycles.